The fourth-order valence-corrected chi connectivity index (χ4v) is 2.59. The van der Waals surface area contributed by atoms with Crippen LogP contribution in [0.15, 0.2) is 18.2 Å². The van der Waals surface area contributed by atoms with E-state index in [0.29, 0.717) is 12.3 Å². The normalized spacial score (nSPS) is 17.0. The molecular formula is C15H25N3O2. The molecule has 5 nitrogen and oxygen atoms in total. The smallest absolute Gasteiger partial charge is 0.144 e. The van der Waals surface area contributed by atoms with Crippen molar-refractivity contribution in [2.24, 2.45) is 0 Å². The molecule has 3 N–H and O–H groups in total. The fourth-order valence-electron chi connectivity index (χ4n) is 2.59. The molecule has 2 rings (SSSR count). The van der Waals surface area contributed by atoms with Gasteiger partial charge in [0.1, 0.15) is 5.75 Å². The predicted molar refractivity (Wildman–Crippen MR) is 82.4 cm³/mol. The Kier molecular flexibility index (Phi) is 5.49. The summed E-state index contributed by atoms with van der Waals surface area (Å²) in [5, 5.41) is 9.03. The summed E-state index contributed by atoms with van der Waals surface area (Å²) in [5.41, 5.74) is 7.77. The van der Waals surface area contributed by atoms with E-state index in [1.54, 1.807) is 0 Å². The Morgan fingerprint density at radius 3 is 2.85 bits per heavy atom. The minimum atomic E-state index is 0.232. The van der Waals surface area contributed by atoms with Gasteiger partial charge in [-0.3, -0.25) is 4.90 Å². The van der Waals surface area contributed by atoms with Crippen molar-refractivity contribution in [3.8, 4) is 5.75 Å². The molecule has 0 unspecified atom stereocenters. The van der Waals surface area contributed by atoms with E-state index in [1.165, 1.54) is 0 Å². The second-order valence-electron chi connectivity index (χ2n) is 5.06. The number of anilines is 2. The summed E-state index contributed by atoms with van der Waals surface area (Å²) < 4.78 is 5.56. The number of ether oxygens (including phenoxy) is 1. The van der Waals surface area contributed by atoms with Crippen LogP contribution in [0.4, 0.5) is 11.4 Å². The Balaban J connectivity index is 2.05. The van der Waals surface area contributed by atoms with Gasteiger partial charge in [-0.2, -0.15) is 0 Å². The van der Waals surface area contributed by atoms with Crippen molar-refractivity contribution in [3.63, 3.8) is 0 Å². The Hall–Kier alpha value is -1.46. The Morgan fingerprint density at radius 1 is 1.25 bits per heavy atom. The van der Waals surface area contributed by atoms with E-state index in [-0.39, 0.29) is 6.61 Å². The zero-order chi connectivity index (χ0) is 14.4. The lowest BCUT2D eigenvalue weighted by Gasteiger charge is -2.24. The highest BCUT2D eigenvalue weighted by atomic mass is 16.5. The number of hydrogen-bond acceptors (Lipinski definition) is 5. The van der Waals surface area contributed by atoms with Crippen LogP contribution in [0, 0.1) is 0 Å². The van der Waals surface area contributed by atoms with Gasteiger partial charge in [0.05, 0.1) is 18.9 Å². The molecule has 0 aromatic heterocycles. The number of aliphatic hydroxyl groups excluding tert-OH is 1. The van der Waals surface area contributed by atoms with E-state index in [0.717, 1.165) is 50.6 Å². The molecule has 0 atom stereocenters. The molecule has 0 aliphatic carbocycles. The molecule has 1 saturated heterocycles. The zero-order valence-electron chi connectivity index (χ0n) is 12.2. The number of nitrogens with two attached hydrogens (primary N) is 1. The Morgan fingerprint density at radius 2 is 2.10 bits per heavy atom. The van der Waals surface area contributed by atoms with Gasteiger partial charge in [0, 0.05) is 37.9 Å². The molecule has 20 heavy (non-hydrogen) atoms. The number of nitrogen functional groups attached to an aromatic ring is 1. The van der Waals surface area contributed by atoms with Crippen LogP contribution in [-0.4, -0.2) is 55.9 Å². The first-order chi connectivity index (χ1) is 9.74. The third-order valence-electron chi connectivity index (χ3n) is 3.67. The van der Waals surface area contributed by atoms with Crippen LogP contribution in [-0.2, 0) is 0 Å². The van der Waals surface area contributed by atoms with Crippen molar-refractivity contribution in [3.05, 3.63) is 18.2 Å². The van der Waals surface area contributed by atoms with Gasteiger partial charge in [0.15, 0.2) is 0 Å². The molecule has 1 aromatic rings. The van der Waals surface area contributed by atoms with E-state index in [9.17, 15) is 0 Å². The average molecular weight is 279 g/mol. The number of nitrogens with zero attached hydrogens (tertiary/aromatic N) is 2. The van der Waals surface area contributed by atoms with Crippen molar-refractivity contribution in [2.75, 3.05) is 56.6 Å². The molecule has 1 fully saturated rings. The first-order valence-corrected chi connectivity index (χ1v) is 7.35. The molecular weight excluding hydrogens is 254 g/mol. The molecule has 5 heteroatoms. The summed E-state index contributed by atoms with van der Waals surface area (Å²) in [5.74, 6) is 0.765. The molecule has 0 saturated carbocycles. The fraction of sp³-hybridized carbons (Fsp3) is 0.600. The highest BCUT2D eigenvalue weighted by Crippen LogP contribution is 2.28. The zero-order valence-corrected chi connectivity index (χ0v) is 12.2. The third kappa shape index (κ3) is 3.77. The van der Waals surface area contributed by atoms with E-state index in [1.807, 2.05) is 19.1 Å². The largest absolute Gasteiger partial charge is 0.492 e. The third-order valence-corrected chi connectivity index (χ3v) is 3.67. The van der Waals surface area contributed by atoms with Crippen LogP contribution < -0.4 is 15.4 Å². The first-order valence-electron chi connectivity index (χ1n) is 7.35. The van der Waals surface area contributed by atoms with E-state index in [4.69, 9.17) is 15.6 Å². The molecule has 1 aliphatic heterocycles. The van der Waals surface area contributed by atoms with Crippen LogP contribution in [0.2, 0.25) is 0 Å². The van der Waals surface area contributed by atoms with Crippen molar-refractivity contribution < 1.29 is 9.84 Å². The maximum Gasteiger partial charge on any atom is 0.144 e. The van der Waals surface area contributed by atoms with Gasteiger partial charge in [-0.05, 0) is 32.0 Å². The topological polar surface area (TPSA) is 62.0 Å². The van der Waals surface area contributed by atoms with E-state index < -0.39 is 0 Å². The van der Waals surface area contributed by atoms with Crippen molar-refractivity contribution in [1.82, 2.24) is 4.90 Å². The molecule has 1 aliphatic rings. The summed E-state index contributed by atoms with van der Waals surface area (Å²) in [6.07, 6.45) is 1.11. The quantitative estimate of drug-likeness (QED) is 0.792. The molecule has 0 radical (unpaired) electrons. The lowest BCUT2D eigenvalue weighted by molar-refractivity contribution is 0.204. The minimum absolute atomic E-state index is 0.232. The van der Waals surface area contributed by atoms with Crippen molar-refractivity contribution in [2.45, 2.75) is 13.3 Å². The summed E-state index contributed by atoms with van der Waals surface area (Å²) >= 11 is 0. The van der Waals surface area contributed by atoms with Crippen LogP contribution >= 0.6 is 0 Å². The van der Waals surface area contributed by atoms with Crippen LogP contribution in [0.5, 0.6) is 5.75 Å². The summed E-state index contributed by atoms with van der Waals surface area (Å²) in [7, 11) is 0. The molecule has 0 spiro atoms. The van der Waals surface area contributed by atoms with E-state index >= 15 is 0 Å². The van der Waals surface area contributed by atoms with Gasteiger partial charge in [-0.1, -0.05) is 0 Å². The second kappa shape index (κ2) is 7.36. The maximum absolute atomic E-state index is 9.03. The molecule has 0 amide bonds. The van der Waals surface area contributed by atoms with Crippen LogP contribution in [0.25, 0.3) is 0 Å². The van der Waals surface area contributed by atoms with Crippen LogP contribution in [0.3, 0.4) is 0 Å². The number of benzene rings is 1. The van der Waals surface area contributed by atoms with E-state index in [2.05, 4.69) is 15.9 Å². The number of β-amino-alcohol motifs (C(OH)–C–C–N with tert-alkyl or cyclic N) is 1. The summed E-state index contributed by atoms with van der Waals surface area (Å²) in [4.78, 5) is 4.67. The van der Waals surface area contributed by atoms with Crippen molar-refractivity contribution >= 4 is 11.4 Å². The lowest BCUT2D eigenvalue weighted by Crippen LogP contribution is -2.32. The van der Waals surface area contributed by atoms with Gasteiger partial charge >= 0.3 is 0 Å². The SMILES string of the molecule is CCOc1cc(N2CCCN(CCO)CC2)ccc1N. The monoisotopic (exact) mass is 279 g/mol. The highest BCUT2D eigenvalue weighted by Gasteiger charge is 2.15. The molecule has 112 valence electrons. The number of rotatable bonds is 5. The minimum Gasteiger partial charge on any atom is -0.492 e. The standard InChI is InChI=1S/C15H25N3O2/c1-2-20-15-12-13(4-5-14(15)16)18-7-3-6-17(8-9-18)10-11-19/h4-5,12,19H,2-3,6-11,16H2,1H3. The highest BCUT2D eigenvalue weighted by molar-refractivity contribution is 5.62. The summed E-state index contributed by atoms with van der Waals surface area (Å²) in [6, 6.07) is 6.00. The maximum atomic E-state index is 9.03. The number of aliphatic hydroxyl groups is 1. The average Bonchev–Trinajstić information content (AvgIpc) is 2.68. The molecule has 1 heterocycles. The molecule has 1 aromatic carbocycles. The van der Waals surface area contributed by atoms with Gasteiger partial charge in [0.25, 0.3) is 0 Å². The van der Waals surface area contributed by atoms with Gasteiger partial charge in [-0.25, -0.2) is 0 Å². The summed E-state index contributed by atoms with van der Waals surface area (Å²) in [6.45, 7) is 7.60. The lowest BCUT2D eigenvalue weighted by atomic mass is 10.2. The van der Waals surface area contributed by atoms with Gasteiger partial charge in [0.2, 0.25) is 0 Å². The van der Waals surface area contributed by atoms with Crippen LogP contribution in [0.1, 0.15) is 13.3 Å². The molecule has 0 bridgehead atoms. The Bertz CT molecular complexity index is 426. The Labute approximate surface area is 120 Å². The second-order valence-corrected chi connectivity index (χ2v) is 5.06. The first kappa shape index (κ1) is 14.9. The predicted octanol–water partition coefficient (Wildman–Crippen LogP) is 1.17. The number of hydrogen-bond donors (Lipinski definition) is 2. The van der Waals surface area contributed by atoms with Crippen molar-refractivity contribution in [1.29, 1.82) is 0 Å². The van der Waals surface area contributed by atoms with Gasteiger partial charge < -0.3 is 20.5 Å². The van der Waals surface area contributed by atoms with Gasteiger partial charge in [-0.15, -0.1) is 0 Å².